The first kappa shape index (κ1) is 17.6. The molecule has 1 aromatic heterocycles. The number of nitrogens with zero attached hydrogens (tertiary/aromatic N) is 4. The Morgan fingerprint density at radius 2 is 2.00 bits per heavy atom. The number of fused-ring (bicyclic) bond motifs is 1. The van der Waals surface area contributed by atoms with Crippen LogP contribution in [0.25, 0.3) is 0 Å². The van der Waals surface area contributed by atoms with Gasteiger partial charge in [0.15, 0.2) is 0 Å². The van der Waals surface area contributed by atoms with Crippen LogP contribution in [0.3, 0.4) is 0 Å². The van der Waals surface area contributed by atoms with Crippen LogP contribution in [0, 0.1) is 0 Å². The molecule has 2 aliphatic heterocycles. The number of halogens is 1. The molecule has 26 heavy (non-hydrogen) atoms. The van der Waals surface area contributed by atoms with Gasteiger partial charge in [-0.2, -0.15) is 0 Å². The minimum Gasteiger partial charge on any atom is -0.493 e. The van der Waals surface area contributed by atoms with Crippen molar-refractivity contribution in [3.05, 3.63) is 46.7 Å². The van der Waals surface area contributed by atoms with E-state index in [2.05, 4.69) is 45.0 Å². The maximum atomic E-state index is 5.88. The van der Waals surface area contributed by atoms with Crippen molar-refractivity contribution < 1.29 is 4.74 Å². The van der Waals surface area contributed by atoms with Crippen LogP contribution in [-0.2, 0) is 12.8 Å². The molecule has 138 valence electrons. The van der Waals surface area contributed by atoms with E-state index in [1.807, 2.05) is 0 Å². The predicted molar refractivity (Wildman–Crippen MR) is 104 cm³/mol. The number of benzene rings is 1. The maximum Gasteiger partial charge on any atom is 0.225 e. The van der Waals surface area contributed by atoms with Crippen LogP contribution in [0.15, 0.2) is 30.6 Å². The number of ether oxygens (including phenoxy) is 1. The highest BCUT2D eigenvalue weighted by Gasteiger charge is 2.24. The molecular weight excluding hydrogens is 348 g/mol. The van der Waals surface area contributed by atoms with Crippen LogP contribution in [-0.4, -0.2) is 54.2 Å². The number of hydrogen-bond donors (Lipinski definition) is 0. The second kappa shape index (κ2) is 7.80. The molecule has 0 bridgehead atoms. The molecule has 0 atom stereocenters. The summed E-state index contributed by atoms with van der Waals surface area (Å²) in [5.41, 5.74) is 2.79. The summed E-state index contributed by atoms with van der Waals surface area (Å²) >= 11 is 5.88. The van der Waals surface area contributed by atoms with E-state index in [9.17, 15) is 0 Å². The third kappa shape index (κ3) is 3.94. The number of anilines is 1. The second-order valence-electron chi connectivity index (χ2n) is 7.18. The molecular formula is C20H25ClN4O. The first-order valence-corrected chi connectivity index (χ1v) is 9.74. The molecule has 1 aromatic carbocycles. The van der Waals surface area contributed by atoms with Crippen molar-refractivity contribution >= 4 is 17.5 Å². The monoisotopic (exact) mass is 372 g/mol. The van der Waals surface area contributed by atoms with E-state index in [4.69, 9.17) is 16.3 Å². The quantitative estimate of drug-likeness (QED) is 0.806. The third-order valence-corrected chi connectivity index (χ3v) is 5.69. The van der Waals surface area contributed by atoms with Crippen molar-refractivity contribution in [2.75, 3.05) is 38.2 Å². The molecule has 0 radical (unpaired) electrons. The zero-order valence-corrected chi connectivity index (χ0v) is 16.0. The molecule has 1 fully saturated rings. The van der Waals surface area contributed by atoms with Crippen molar-refractivity contribution in [3.8, 4) is 5.75 Å². The number of likely N-dealkylation sites (tertiary alicyclic amines) is 1. The van der Waals surface area contributed by atoms with Gasteiger partial charge in [-0.3, -0.25) is 0 Å². The number of hydrogen-bond acceptors (Lipinski definition) is 5. The highest BCUT2D eigenvalue weighted by atomic mass is 35.5. The van der Waals surface area contributed by atoms with Gasteiger partial charge in [-0.05, 0) is 36.5 Å². The van der Waals surface area contributed by atoms with Gasteiger partial charge in [-0.15, -0.1) is 0 Å². The molecule has 3 heterocycles. The highest BCUT2D eigenvalue weighted by Crippen LogP contribution is 2.26. The fourth-order valence-electron chi connectivity index (χ4n) is 3.86. The second-order valence-corrected chi connectivity index (χ2v) is 7.61. The summed E-state index contributed by atoms with van der Waals surface area (Å²) in [5, 5.41) is 0.579. The average molecular weight is 373 g/mol. The fourth-order valence-corrected chi connectivity index (χ4v) is 3.96. The molecule has 1 saturated heterocycles. The molecule has 5 nitrogen and oxygen atoms in total. The molecule has 0 saturated carbocycles. The molecule has 0 aliphatic carbocycles. The van der Waals surface area contributed by atoms with E-state index in [-0.39, 0.29) is 0 Å². The van der Waals surface area contributed by atoms with Crippen LogP contribution in [0.2, 0.25) is 5.02 Å². The molecule has 4 rings (SSSR count). The van der Waals surface area contributed by atoms with Gasteiger partial charge in [0.1, 0.15) is 5.75 Å². The first-order chi connectivity index (χ1) is 12.7. The summed E-state index contributed by atoms with van der Waals surface area (Å²) in [5.74, 6) is 1.83. The third-order valence-electron chi connectivity index (χ3n) is 5.50. The fraction of sp³-hybridized carbons (Fsp3) is 0.500. The van der Waals surface area contributed by atoms with Crippen molar-refractivity contribution in [1.82, 2.24) is 14.9 Å². The summed E-state index contributed by atoms with van der Waals surface area (Å²) in [6, 6.07) is 7.15. The van der Waals surface area contributed by atoms with E-state index in [1.54, 1.807) is 12.4 Å². The lowest BCUT2D eigenvalue weighted by Crippen LogP contribution is -2.44. The zero-order chi connectivity index (χ0) is 17.9. The van der Waals surface area contributed by atoms with Crippen molar-refractivity contribution in [3.63, 3.8) is 0 Å². The van der Waals surface area contributed by atoms with Gasteiger partial charge >= 0.3 is 0 Å². The largest absolute Gasteiger partial charge is 0.493 e. The van der Waals surface area contributed by atoms with Gasteiger partial charge in [-0.1, -0.05) is 23.7 Å². The summed E-state index contributed by atoms with van der Waals surface area (Å²) in [6.45, 7) is 4.19. The van der Waals surface area contributed by atoms with E-state index in [0.717, 1.165) is 63.6 Å². The minimum absolute atomic E-state index is 0.490. The number of piperidine rings is 1. The molecule has 0 spiro atoms. The van der Waals surface area contributed by atoms with Gasteiger partial charge in [0.2, 0.25) is 5.95 Å². The Bertz CT molecular complexity index is 744. The Morgan fingerprint density at radius 1 is 1.23 bits per heavy atom. The number of aromatic nitrogens is 2. The lowest BCUT2D eigenvalue weighted by molar-refractivity contribution is 0.212. The summed E-state index contributed by atoms with van der Waals surface area (Å²) in [7, 11) is 2.08. The minimum atomic E-state index is 0.490. The Kier molecular flexibility index (Phi) is 5.27. The molecule has 0 amide bonds. The van der Waals surface area contributed by atoms with E-state index in [0.29, 0.717) is 11.1 Å². The topological polar surface area (TPSA) is 41.5 Å². The van der Waals surface area contributed by atoms with Crippen LogP contribution in [0.4, 0.5) is 5.95 Å². The predicted octanol–water partition coefficient (Wildman–Crippen LogP) is 3.21. The Morgan fingerprint density at radius 3 is 2.77 bits per heavy atom. The zero-order valence-electron chi connectivity index (χ0n) is 15.2. The summed E-state index contributed by atoms with van der Waals surface area (Å²) < 4.78 is 5.59. The summed E-state index contributed by atoms with van der Waals surface area (Å²) in [6.07, 6.45) is 7.76. The van der Waals surface area contributed by atoms with Crippen LogP contribution >= 0.6 is 11.6 Å². The SMILES string of the molecule is CN(c1ncc(Cl)cn1)C1CCN(CCc2ccc3c(c2)CCO3)CC1. The van der Waals surface area contributed by atoms with E-state index < -0.39 is 0 Å². The van der Waals surface area contributed by atoms with Crippen LogP contribution in [0.1, 0.15) is 24.0 Å². The molecule has 6 heteroatoms. The van der Waals surface area contributed by atoms with Crippen LogP contribution < -0.4 is 9.64 Å². The van der Waals surface area contributed by atoms with Gasteiger partial charge in [0.25, 0.3) is 0 Å². The first-order valence-electron chi connectivity index (χ1n) is 9.36. The van der Waals surface area contributed by atoms with Gasteiger partial charge < -0.3 is 14.5 Å². The smallest absolute Gasteiger partial charge is 0.225 e. The summed E-state index contributed by atoms with van der Waals surface area (Å²) in [4.78, 5) is 13.4. The van der Waals surface area contributed by atoms with E-state index in [1.165, 1.54) is 11.1 Å². The maximum absolute atomic E-state index is 5.88. The molecule has 2 aliphatic rings. The van der Waals surface area contributed by atoms with Crippen molar-refractivity contribution in [2.45, 2.75) is 31.7 Å². The Hall–Kier alpha value is -1.85. The van der Waals surface area contributed by atoms with Crippen molar-refractivity contribution in [1.29, 1.82) is 0 Å². The van der Waals surface area contributed by atoms with Crippen LogP contribution in [0.5, 0.6) is 5.75 Å². The number of rotatable bonds is 5. The van der Waals surface area contributed by atoms with Gasteiger partial charge in [0.05, 0.1) is 24.0 Å². The van der Waals surface area contributed by atoms with E-state index >= 15 is 0 Å². The molecule has 0 unspecified atom stereocenters. The normalized spacial score (nSPS) is 17.8. The Labute approximate surface area is 160 Å². The Balaban J connectivity index is 1.26. The van der Waals surface area contributed by atoms with Crippen molar-refractivity contribution in [2.24, 2.45) is 0 Å². The average Bonchev–Trinajstić information content (AvgIpc) is 3.15. The lowest BCUT2D eigenvalue weighted by Gasteiger charge is -2.36. The highest BCUT2D eigenvalue weighted by molar-refractivity contribution is 6.30. The lowest BCUT2D eigenvalue weighted by atomic mass is 10.0. The molecule has 0 N–H and O–H groups in total. The standard InChI is InChI=1S/C20H25ClN4O/c1-24(20-22-13-17(21)14-23-20)18-5-9-25(10-6-18)8-4-15-2-3-19-16(12-15)7-11-26-19/h2-3,12-14,18H,4-11H2,1H3. The van der Waals surface area contributed by atoms with Gasteiger partial charge in [0, 0.05) is 39.1 Å². The van der Waals surface area contributed by atoms with Gasteiger partial charge in [-0.25, -0.2) is 9.97 Å². The molecule has 2 aromatic rings.